The molecule has 3 heteroatoms. The Kier molecular flexibility index (Phi) is 4.14. The van der Waals surface area contributed by atoms with E-state index in [0.717, 1.165) is 6.42 Å². The Morgan fingerprint density at radius 3 is 2.48 bits per heavy atom. The van der Waals surface area contributed by atoms with Gasteiger partial charge in [-0.1, -0.05) is 12.1 Å². The lowest BCUT2D eigenvalue weighted by molar-refractivity contribution is 0.659. The van der Waals surface area contributed by atoms with Crippen LogP contribution in [-0.4, -0.2) is 12.0 Å². The summed E-state index contributed by atoms with van der Waals surface area (Å²) in [5.41, 5.74) is 6.79. The summed E-state index contributed by atoms with van der Waals surface area (Å²) in [6, 6.07) is 4.84. The summed E-state index contributed by atoms with van der Waals surface area (Å²) in [7, 11) is 2.04. The smallest absolute Gasteiger partial charge is 0.115 e. The van der Waals surface area contributed by atoms with Crippen molar-refractivity contribution < 1.29 is 0 Å². The van der Waals surface area contributed by atoms with Crippen molar-refractivity contribution in [2.45, 2.75) is 52.5 Å². The molecule has 0 bridgehead atoms. The van der Waals surface area contributed by atoms with E-state index in [4.69, 9.17) is 4.98 Å². The third-order valence-electron chi connectivity index (χ3n) is 4.59. The molecule has 21 heavy (non-hydrogen) atoms. The summed E-state index contributed by atoms with van der Waals surface area (Å²) in [6.07, 6.45) is 4.99. The summed E-state index contributed by atoms with van der Waals surface area (Å²) >= 11 is 1.91. The number of benzene rings is 1. The lowest BCUT2D eigenvalue weighted by Gasteiger charge is -2.18. The standard InChI is InChI=1S/C18H24N2S/c1-11-9-13(3)14(10-12(11)2)17(19-4)18-20-15-7-5-6-8-16(15)21-18/h9-10,17,19H,5-8H2,1-4H3. The zero-order chi connectivity index (χ0) is 15.0. The van der Waals surface area contributed by atoms with Crippen LogP contribution in [0.25, 0.3) is 0 Å². The van der Waals surface area contributed by atoms with Gasteiger partial charge < -0.3 is 5.32 Å². The van der Waals surface area contributed by atoms with E-state index in [0.29, 0.717) is 0 Å². The number of aromatic nitrogens is 1. The molecule has 0 fully saturated rings. The predicted molar refractivity (Wildman–Crippen MR) is 90.3 cm³/mol. The molecule has 1 aromatic heterocycles. The van der Waals surface area contributed by atoms with Crippen molar-refractivity contribution in [3.8, 4) is 0 Å². The van der Waals surface area contributed by atoms with Gasteiger partial charge in [0, 0.05) is 4.88 Å². The van der Waals surface area contributed by atoms with E-state index in [2.05, 4.69) is 38.2 Å². The summed E-state index contributed by atoms with van der Waals surface area (Å²) in [5, 5.41) is 4.71. The average Bonchev–Trinajstić information content (AvgIpc) is 2.88. The first kappa shape index (κ1) is 14.7. The molecule has 1 unspecified atom stereocenters. The number of nitrogens with zero attached hydrogens (tertiary/aromatic N) is 1. The van der Waals surface area contributed by atoms with E-state index in [1.54, 1.807) is 0 Å². The number of hydrogen-bond acceptors (Lipinski definition) is 3. The summed E-state index contributed by atoms with van der Waals surface area (Å²) in [5.74, 6) is 0. The van der Waals surface area contributed by atoms with E-state index < -0.39 is 0 Å². The summed E-state index contributed by atoms with van der Waals surface area (Å²) in [4.78, 5) is 6.46. The zero-order valence-corrected chi connectivity index (χ0v) is 14.2. The molecule has 0 radical (unpaired) electrons. The number of nitrogens with one attached hydrogen (secondary N) is 1. The number of aryl methyl sites for hydroxylation is 5. The molecule has 0 saturated carbocycles. The minimum atomic E-state index is 0.222. The number of fused-ring (bicyclic) bond motifs is 1. The van der Waals surface area contributed by atoms with Gasteiger partial charge in [0.25, 0.3) is 0 Å². The van der Waals surface area contributed by atoms with Crippen LogP contribution in [0.2, 0.25) is 0 Å². The van der Waals surface area contributed by atoms with Gasteiger partial charge in [-0.3, -0.25) is 0 Å². The fourth-order valence-electron chi connectivity index (χ4n) is 3.20. The van der Waals surface area contributed by atoms with Gasteiger partial charge in [0.1, 0.15) is 5.01 Å². The topological polar surface area (TPSA) is 24.9 Å². The SMILES string of the molecule is CNC(c1nc2c(s1)CCCC2)c1cc(C)c(C)cc1C. The molecule has 112 valence electrons. The molecular formula is C18H24N2S. The lowest BCUT2D eigenvalue weighted by Crippen LogP contribution is -2.19. The lowest BCUT2D eigenvalue weighted by atomic mass is 9.96. The normalized spacial score (nSPS) is 15.8. The van der Waals surface area contributed by atoms with Crippen LogP contribution >= 0.6 is 11.3 Å². The molecular weight excluding hydrogens is 276 g/mol. The zero-order valence-electron chi connectivity index (χ0n) is 13.4. The second kappa shape index (κ2) is 5.90. The molecule has 1 aliphatic rings. The van der Waals surface area contributed by atoms with Crippen molar-refractivity contribution in [1.82, 2.24) is 10.3 Å². The largest absolute Gasteiger partial charge is 0.307 e. The Bertz CT molecular complexity index is 634. The van der Waals surface area contributed by atoms with Crippen LogP contribution in [0, 0.1) is 20.8 Å². The van der Waals surface area contributed by atoms with Gasteiger partial charge in [-0.05, 0) is 75.8 Å². The molecule has 0 amide bonds. The maximum Gasteiger partial charge on any atom is 0.115 e. The molecule has 2 aromatic rings. The Labute approximate surface area is 131 Å². The average molecular weight is 300 g/mol. The fraction of sp³-hybridized carbons (Fsp3) is 0.500. The number of thiazole rings is 1. The Hall–Kier alpha value is -1.19. The number of rotatable bonds is 3. The molecule has 1 aliphatic carbocycles. The van der Waals surface area contributed by atoms with Gasteiger partial charge in [0.05, 0.1) is 11.7 Å². The van der Waals surface area contributed by atoms with Crippen LogP contribution in [0.15, 0.2) is 12.1 Å². The first-order chi connectivity index (χ1) is 10.1. The van der Waals surface area contributed by atoms with E-state index in [1.807, 2.05) is 18.4 Å². The monoisotopic (exact) mass is 300 g/mol. The van der Waals surface area contributed by atoms with E-state index in [9.17, 15) is 0 Å². The molecule has 1 atom stereocenters. The first-order valence-corrected chi connectivity index (χ1v) is 8.65. The molecule has 2 nitrogen and oxygen atoms in total. The second-order valence-corrected chi connectivity index (χ2v) is 7.26. The minimum Gasteiger partial charge on any atom is -0.307 e. The van der Waals surface area contributed by atoms with Gasteiger partial charge in [0.2, 0.25) is 0 Å². The highest BCUT2D eigenvalue weighted by Gasteiger charge is 2.22. The van der Waals surface area contributed by atoms with Gasteiger partial charge >= 0.3 is 0 Å². The third-order valence-corrected chi connectivity index (χ3v) is 5.81. The Balaban J connectivity index is 2.02. The fourth-order valence-corrected chi connectivity index (χ4v) is 4.48. The molecule has 0 aliphatic heterocycles. The minimum absolute atomic E-state index is 0.222. The van der Waals surface area contributed by atoms with Crippen molar-refractivity contribution in [3.63, 3.8) is 0 Å². The van der Waals surface area contributed by atoms with Crippen LogP contribution in [0.5, 0.6) is 0 Å². The maximum absolute atomic E-state index is 4.95. The van der Waals surface area contributed by atoms with Crippen molar-refractivity contribution in [1.29, 1.82) is 0 Å². The highest BCUT2D eigenvalue weighted by molar-refractivity contribution is 7.11. The predicted octanol–water partition coefficient (Wildman–Crippen LogP) is 4.26. The van der Waals surface area contributed by atoms with Crippen LogP contribution in [0.1, 0.15) is 56.7 Å². The van der Waals surface area contributed by atoms with Crippen molar-refractivity contribution in [2.24, 2.45) is 0 Å². The van der Waals surface area contributed by atoms with Crippen LogP contribution in [-0.2, 0) is 12.8 Å². The quantitative estimate of drug-likeness (QED) is 0.916. The third kappa shape index (κ3) is 2.77. The van der Waals surface area contributed by atoms with E-state index in [1.165, 1.54) is 57.1 Å². The highest BCUT2D eigenvalue weighted by atomic mass is 32.1. The molecule has 3 rings (SSSR count). The van der Waals surface area contributed by atoms with E-state index >= 15 is 0 Å². The van der Waals surface area contributed by atoms with Crippen LogP contribution in [0.4, 0.5) is 0 Å². The van der Waals surface area contributed by atoms with Crippen molar-refractivity contribution >= 4 is 11.3 Å². The molecule has 1 aromatic carbocycles. The summed E-state index contributed by atoms with van der Waals surface area (Å²) in [6.45, 7) is 6.58. The molecule has 0 saturated heterocycles. The summed E-state index contributed by atoms with van der Waals surface area (Å²) < 4.78 is 0. The van der Waals surface area contributed by atoms with Crippen LogP contribution in [0.3, 0.4) is 0 Å². The molecule has 0 spiro atoms. The van der Waals surface area contributed by atoms with Gasteiger partial charge in [0.15, 0.2) is 0 Å². The van der Waals surface area contributed by atoms with Crippen LogP contribution < -0.4 is 5.32 Å². The highest BCUT2D eigenvalue weighted by Crippen LogP contribution is 2.34. The Morgan fingerprint density at radius 2 is 1.76 bits per heavy atom. The van der Waals surface area contributed by atoms with Crippen molar-refractivity contribution in [3.05, 3.63) is 50.0 Å². The first-order valence-electron chi connectivity index (χ1n) is 7.83. The van der Waals surface area contributed by atoms with Gasteiger partial charge in [-0.2, -0.15) is 0 Å². The van der Waals surface area contributed by atoms with Crippen molar-refractivity contribution in [2.75, 3.05) is 7.05 Å². The Morgan fingerprint density at radius 1 is 1.05 bits per heavy atom. The van der Waals surface area contributed by atoms with Gasteiger partial charge in [-0.15, -0.1) is 11.3 Å². The molecule has 1 N–H and O–H groups in total. The van der Waals surface area contributed by atoms with E-state index in [-0.39, 0.29) is 6.04 Å². The second-order valence-electron chi connectivity index (χ2n) is 6.14. The molecule has 1 heterocycles. The maximum atomic E-state index is 4.95. The van der Waals surface area contributed by atoms with Gasteiger partial charge in [-0.25, -0.2) is 4.98 Å². The number of hydrogen-bond donors (Lipinski definition) is 1.